The zero-order valence-corrected chi connectivity index (χ0v) is 11.8. The van der Waals surface area contributed by atoms with Crippen LogP contribution < -0.4 is 0 Å². The molecule has 3 nitrogen and oxygen atoms in total. The summed E-state index contributed by atoms with van der Waals surface area (Å²) in [6, 6.07) is 8.64. The molecule has 0 bridgehead atoms. The highest BCUT2D eigenvalue weighted by Crippen LogP contribution is 2.36. The van der Waals surface area contributed by atoms with E-state index in [0.29, 0.717) is 25.1 Å². The van der Waals surface area contributed by atoms with Crippen LogP contribution >= 0.6 is 0 Å². The van der Waals surface area contributed by atoms with Crippen LogP contribution in [0.3, 0.4) is 0 Å². The number of aliphatic hydroxyl groups excluding tert-OH is 1. The molecule has 1 aromatic carbocycles. The zero-order chi connectivity index (χ0) is 15.7. The van der Waals surface area contributed by atoms with Gasteiger partial charge in [-0.1, -0.05) is 12.1 Å². The van der Waals surface area contributed by atoms with Gasteiger partial charge in [0.2, 0.25) is 0 Å². The number of β-amino-alcohol motifs (C(OH)–C–C–N with tert-alkyl or cyclic N) is 1. The number of benzene rings is 1. The maximum atomic E-state index is 12.9. The predicted octanol–water partition coefficient (Wildman–Crippen LogP) is 3.61. The van der Waals surface area contributed by atoms with Gasteiger partial charge >= 0.3 is 6.18 Å². The third-order valence-corrected chi connectivity index (χ3v) is 3.92. The topological polar surface area (TPSA) is 36.6 Å². The molecule has 1 aliphatic heterocycles. The molecule has 118 valence electrons. The van der Waals surface area contributed by atoms with Crippen LogP contribution in [0.15, 0.2) is 47.1 Å². The number of halogens is 3. The maximum absolute atomic E-state index is 12.9. The fraction of sp³-hybridized carbons (Fsp3) is 0.375. The van der Waals surface area contributed by atoms with Crippen LogP contribution in [0.2, 0.25) is 0 Å². The number of likely N-dealkylation sites (tertiary alicyclic amines) is 1. The maximum Gasteiger partial charge on any atom is 0.416 e. The molecular weight excluding hydrogens is 295 g/mol. The molecule has 0 amide bonds. The van der Waals surface area contributed by atoms with Gasteiger partial charge in [0.25, 0.3) is 0 Å². The van der Waals surface area contributed by atoms with Crippen molar-refractivity contribution < 1.29 is 22.7 Å². The Morgan fingerprint density at radius 3 is 2.73 bits per heavy atom. The highest BCUT2D eigenvalue weighted by atomic mass is 19.4. The Morgan fingerprint density at radius 1 is 1.23 bits per heavy atom. The smallest absolute Gasteiger partial charge is 0.416 e. The molecule has 2 heterocycles. The summed E-state index contributed by atoms with van der Waals surface area (Å²) in [5.74, 6) is 0.728. The first-order valence-electron chi connectivity index (χ1n) is 7.05. The molecule has 0 saturated carbocycles. The number of rotatable bonds is 3. The van der Waals surface area contributed by atoms with Gasteiger partial charge in [-0.3, -0.25) is 4.90 Å². The summed E-state index contributed by atoms with van der Waals surface area (Å²) >= 11 is 0. The van der Waals surface area contributed by atoms with Crippen molar-refractivity contribution in [2.45, 2.75) is 31.3 Å². The normalized spacial score (nSPS) is 23.1. The van der Waals surface area contributed by atoms with Crippen LogP contribution in [0, 0.1) is 0 Å². The number of hydrogen-bond acceptors (Lipinski definition) is 3. The molecule has 1 aromatic heterocycles. The fourth-order valence-corrected chi connectivity index (χ4v) is 2.93. The van der Waals surface area contributed by atoms with E-state index in [1.165, 1.54) is 6.07 Å². The highest BCUT2D eigenvalue weighted by Gasteiger charge is 2.35. The number of hydrogen-bond donors (Lipinski definition) is 1. The molecule has 2 unspecified atom stereocenters. The standard InChI is InChI=1S/C16H16F3NO2/c17-16(18,19)12-4-1-3-11(7-12)15-8-13(21)9-20(15)10-14-5-2-6-22-14/h1-7,13,15,21H,8-10H2. The minimum atomic E-state index is -4.36. The first-order valence-corrected chi connectivity index (χ1v) is 7.05. The van der Waals surface area contributed by atoms with Crippen molar-refractivity contribution in [2.24, 2.45) is 0 Å². The van der Waals surface area contributed by atoms with Crippen LogP contribution in [0.25, 0.3) is 0 Å². The second-order valence-corrected chi connectivity index (χ2v) is 5.54. The molecule has 1 saturated heterocycles. The van der Waals surface area contributed by atoms with Crippen molar-refractivity contribution in [3.8, 4) is 0 Å². The van der Waals surface area contributed by atoms with Gasteiger partial charge in [0.15, 0.2) is 0 Å². The quantitative estimate of drug-likeness (QED) is 0.941. The van der Waals surface area contributed by atoms with Gasteiger partial charge in [-0.25, -0.2) is 0 Å². The Balaban J connectivity index is 1.85. The van der Waals surface area contributed by atoms with Crippen LogP contribution in [0.1, 0.15) is 29.3 Å². The molecular formula is C16H16F3NO2. The average molecular weight is 311 g/mol. The van der Waals surface area contributed by atoms with Crippen molar-refractivity contribution in [1.29, 1.82) is 0 Å². The summed E-state index contributed by atoms with van der Waals surface area (Å²) in [6.45, 7) is 0.882. The lowest BCUT2D eigenvalue weighted by atomic mass is 10.0. The third kappa shape index (κ3) is 3.18. The van der Waals surface area contributed by atoms with Gasteiger partial charge in [-0.05, 0) is 36.2 Å². The largest absolute Gasteiger partial charge is 0.468 e. The van der Waals surface area contributed by atoms with E-state index >= 15 is 0 Å². The van der Waals surface area contributed by atoms with E-state index in [4.69, 9.17) is 4.42 Å². The van der Waals surface area contributed by atoms with Crippen molar-refractivity contribution in [1.82, 2.24) is 4.90 Å². The zero-order valence-electron chi connectivity index (χ0n) is 11.8. The van der Waals surface area contributed by atoms with Gasteiger partial charge in [0, 0.05) is 12.6 Å². The molecule has 0 aliphatic carbocycles. The summed E-state index contributed by atoms with van der Waals surface area (Å²) < 4.78 is 43.9. The first kappa shape index (κ1) is 15.1. The van der Waals surface area contributed by atoms with Gasteiger partial charge in [0.05, 0.1) is 24.5 Å². The van der Waals surface area contributed by atoms with Crippen molar-refractivity contribution in [2.75, 3.05) is 6.54 Å². The van der Waals surface area contributed by atoms with E-state index in [1.54, 1.807) is 18.4 Å². The highest BCUT2D eigenvalue weighted by molar-refractivity contribution is 5.29. The van der Waals surface area contributed by atoms with Crippen LogP contribution in [-0.4, -0.2) is 22.7 Å². The predicted molar refractivity (Wildman–Crippen MR) is 73.9 cm³/mol. The molecule has 1 fully saturated rings. The summed E-state index contributed by atoms with van der Waals surface area (Å²) in [5, 5.41) is 9.89. The monoisotopic (exact) mass is 311 g/mol. The third-order valence-electron chi connectivity index (χ3n) is 3.92. The van der Waals surface area contributed by atoms with E-state index in [-0.39, 0.29) is 6.04 Å². The Morgan fingerprint density at radius 2 is 2.05 bits per heavy atom. The van der Waals surface area contributed by atoms with Crippen LogP contribution in [0.4, 0.5) is 13.2 Å². The van der Waals surface area contributed by atoms with E-state index in [0.717, 1.165) is 17.9 Å². The lowest BCUT2D eigenvalue weighted by molar-refractivity contribution is -0.137. The number of furan rings is 1. The summed E-state index contributed by atoms with van der Waals surface area (Å²) in [5.41, 5.74) is -0.0951. The van der Waals surface area contributed by atoms with Crippen LogP contribution in [0.5, 0.6) is 0 Å². The average Bonchev–Trinajstić information content (AvgIpc) is 3.08. The van der Waals surface area contributed by atoms with E-state index < -0.39 is 17.8 Å². The SMILES string of the molecule is OC1CC(c2cccc(C(F)(F)F)c2)N(Cc2ccco2)C1. The van der Waals surface area contributed by atoms with Crippen molar-refractivity contribution >= 4 is 0 Å². The van der Waals surface area contributed by atoms with E-state index in [1.807, 2.05) is 11.0 Å². The van der Waals surface area contributed by atoms with Crippen LogP contribution in [-0.2, 0) is 12.7 Å². The molecule has 0 radical (unpaired) electrons. The summed E-state index contributed by atoms with van der Waals surface area (Å²) in [4.78, 5) is 1.94. The minimum absolute atomic E-state index is 0.248. The molecule has 22 heavy (non-hydrogen) atoms. The Hall–Kier alpha value is -1.79. The van der Waals surface area contributed by atoms with Crippen molar-refractivity contribution in [3.63, 3.8) is 0 Å². The summed E-state index contributed by atoms with van der Waals surface area (Å²) in [6.07, 6.45) is -2.93. The molecule has 1 N–H and O–H groups in total. The Kier molecular flexibility index (Phi) is 3.97. The molecule has 0 spiro atoms. The number of nitrogens with zero attached hydrogens (tertiary/aromatic N) is 1. The Labute approximate surface area is 126 Å². The first-order chi connectivity index (χ1) is 10.4. The summed E-state index contributed by atoms with van der Waals surface area (Å²) in [7, 11) is 0. The molecule has 2 atom stereocenters. The molecule has 2 aromatic rings. The molecule has 3 rings (SSSR count). The van der Waals surface area contributed by atoms with Gasteiger partial charge < -0.3 is 9.52 Å². The van der Waals surface area contributed by atoms with Gasteiger partial charge in [-0.15, -0.1) is 0 Å². The second kappa shape index (κ2) is 5.78. The van der Waals surface area contributed by atoms with E-state index in [9.17, 15) is 18.3 Å². The Bertz CT molecular complexity index is 625. The molecule has 6 heteroatoms. The van der Waals surface area contributed by atoms with Gasteiger partial charge in [0.1, 0.15) is 5.76 Å². The number of aliphatic hydroxyl groups is 1. The minimum Gasteiger partial charge on any atom is -0.468 e. The lowest BCUT2D eigenvalue weighted by Gasteiger charge is -2.24. The molecule has 1 aliphatic rings. The van der Waals surface area contributed by atoms with Gasteiger partial charge in [-0.2, -0.15) is 13.2 Å². The van der Waals surface area contributed by atoms with E-state index in [2.05, 4.69) is 0 Å². The van der Waals surface area contributed by atoms with Crippen molar-refractivity contribution in [3.05, 3.63) is 59.5 Å². The number of alkyl halides is 3. The second-order valence-electron chi connectivity index (χ2n) is 5.54. The fourth-order valence-electron chi connectivity index (χ4n) is 2.93. The lowest BCUT2D eigenvalue weighted by Crippen LogP contribution is -2.24.